The van der Waals surface area contributed by atoms with Crippen molar-refractivity contribution in [3.05, 3.63) is 28.4 Å². The van der Waals surface area contributed by atoms with Crippen LogP contribution in [0.5, 0.6) is 0 Å². The lowest BCUT2D eigenvalue weighted by Gasteiger charge is -2.23. The van der Waals surface area contributed by atoms with Crippen molar-refractivity contribution in [1.82, 2.24) is 9.88 Å². The molecule has 2 heterocycles. The highest BCUT2D eigenvalue weighted by molar-refractivity contribution is 5.68. The average Bonchev–Trinajstić information content (AvgIpc) is 2.92. The van der Waals surface area contributed by atoms with Crippen molar-refractivity contribution in [2.24, 2.45) is 0 Å². The number of ether oxygens (including phenoxy) is 1. The molecule has 1 saturated heterocycles. The number of anilines is 1. The largest absolute Gasteiger partial charge is 0.444 e. The van der Waals surface area contributed by atoms with Crippen LogP contribution in [0.3, 0.4) is 0 Å². The Morgan fingerprint density at radius 2 is 1.95 bits per heavy atom. The molecule has 2 rings (SSSR count). The Labute approximate surface area is 129 Å². The first kappa shape index (κ1) is 17.7. The van der Waals surface area contributed by atoms with Gasteiger partial charge in [-0.1, -0.05) is 0 Å². The average molecular weight is 310 g/mol. The minimum atomic E-state index is -0.521. The van der Waals surface area contributed by atoms with E-state index in [1.54, 1.807) is 4.90 Å². The highest BCUT2D eigenvalue weighted by Gasteiger charge is 2.23. The van der Waals surface area contributed by atoms with E-state index in [4.69, 9.17) is 10.5 Å². The third-order valence-electron chi connectivity index (χ3n) is 2.74. The Morgan fingerprint density at radius 1 is 1.36 bits per heavy atom. The minimum absolute atomic E-state index is 0.0470. The molecule has 0 unspecified atom stereocenters. The van der Waals surface area contributed by atoms with Gasteiger partial charge in [-0.05, 0) is 39.7 Å². The van der Waals surface area contributed by atoms with E-state index in [0.29, 0.717) is 0 Å². The summed E-state index contributed by atoms with van der Waals surface area (Å²) in [5.41, 5.74) is 4.78. The monoisotopic (exact) mass is 310 g/mol. The molecule has 122 valence electrons. The molecule has 1 aliphatic rings. The molecule has 1 fully saturated rings. The second kappa shape index (κ2) is 7.58. The summed E-state index contributed by atoms with van der Waals surface area (Å²) in [7, 11) is 0. The van der Waals surface area contributed by atoms with E-state index in [9.17, 15) is 14.9 Å². The maximum Gasteiger partial charge on any atom is 0.410 e. The molecule has 1 aromatic rings. The molecular formula is C14H22N4O4. The van der Waals surface area contributed by atoms with Crippen LogP contribution in [0.25, 0.3) is 0 Å². The normalized spacial score (nSPS) is 14.0. The van der Waals surface area contributed by atoms with Crippen LogP contribution in [0.4, 0.5) is 16.3 Å². The van der Waals surface area contributed by atoms with Crippen LogP contribution in [0, 0.1) is 10.1 Å². The molecule has 0 spiro atoms. The number of nitrogens with zero attached hydrogens (tertiary/aromatic N) is 3. The van der Waals surface area contributed by atoms with Gasteiger partial charge in [0, 0.05) is 19.2 Å². The fourth-order valence-corrected chi connectivity index (χ4v) is 1.73. The summed E-state index contributed by atoms with van der Waals surface area (Å²) in [6.45, 7) is 7.38. The number of amides is 1. The molecule has 8 nitrogen and oxygen atoms in total. The molecule has 0 aliphatic carbocycles. The van der Waals surface area contributed by atoms with E-state index in [-0.39, 0.29) is 23.2 Å². The number of aromatic nitrogens is 1. The van der Waals surface area contributed by atoms with Gasteiger partial charge in [-0.25, -0.2) is 9.78 Å². The quantitative estimate of drug-likeness (QED) is 0.630. The molecular weight excluding hydrogens is 288 g/mol. The first-order chi connectivity index (χ1) is 10.2. The maximum atomic E-state index is 11.4. The molecule has 0 saturated carbocycles. The molecule has 1 aliphatic heterocycles. The first-order valence-corrected chi connectivity index (χ1v) is 7.03. The van der Waals surface area contributed by atoms with Crippen LogP contribution in [-0.4, -0.2) is 39.6 Å². The number of carbonyl (C=O) groups excluding carboxylic acids is 1. The van der Waals surface area contributed by atoms with Crippen LogP contribution in [0.15, 0.2) is 18.3 Å². The number of hydrogen-bond donors (Lipinski definition) is 1. The molecule has 2 N–H and O–H groups in total. The smallest absolute Gasteiger partial charge is 0.410 e. The third-order valence-corrected chi connectivity index (χ3v) is 2.74. The summed E-state index contributed by atoms with van der Waals surface area (Å²) in [5, 5.41) is 10.0. The van der Waals surface area contributed by atoms with Crippen LogP contribution in [0.2, 0.25) is 0 Å². The van der Waals surface area contributed by atoms with E-state index in [1.165, 1.54) is 12.1 Å². The van der Waals surface area contributed by atoms with Crippen LogP contribution < -0.4 is 5.73 Å². The van der Waals surface area contributed by atoms with Gasteiger partial charge in [0.15, 0.2) is 0 Å². The number of pyridine rings is 1. The van der Waals surface area contributed by atoms with Gasteiger partial charge in [0.1, 0.15) is 17.6 Å². The van der Waals surface area contributed by atoms with Crippen LogP contribution in [-0.2, 0) is 4.74 Å². The number of nitrogens with two attached hydrogens (primary N) is 1. The predicted octanol–water partition coefficient (Wildman–Crippen LogP) is 2.59. The molecule has 0 bridgehead atoms. The molecule has 1 aromatic heterocycles. The van der Waals surface area contributed by atoms with Gasteiger partial charge in [-0.2, -0.15) is 0 Å². The zero-order valence-electron chi connectivity index (χ0n) is 13.1. The van der Waals surface area contributed by atoms with Gasteiger partial charge in [0.25, 0.3) is 5.69 Å². The third kappa shape index (κ3) is 6.38. The predicted molar refractivity (Wildman–Crippen MR) is 82.3 cm³/mol. The fraction of sp³-hybridized carbons (Fsp3) is 0.571. The number of rotatable bonds is 1. The van der Waals surface area contributed by atoms with Crippen molar-refractivity contribution in [3.63, 3.8) is 0 Å². The number of nitro groups is 1. The zero-order valence-corrected chi connectivity index (χ0v) is 13.1. The molecule has 8 heteroatoms. The lowest BCUT2D eigenvalue weighted by atomic mass is 10.2. The standard InChI is InChI=1S/C9H17NO2.C5H5N3O2/c1-9(2,3)12-8(11)10-6-4-5-7-10;6-5-2-1-4(3-7-5)8(9)10/h4-7H2,1-3H3;1-3H,(H2,6,7). The SMILES string of the molecule is CC(C)(C)OC(=O)N1CCCC1.Nc1ccc([N+](=O)[O-])cn1. The summed E-state index contributed by atoms with van der Waals surface area (Å²) in [5.74, 6) is 0.283. The summed E-state index contributed by atoms with van der Waals surface area (Å²) < 4.78 is 5.21. The number of carbonyl (C=O) groups is 1. The summed E-state index contributed by atoms with van der Waals surface area (Å²) in [4.78, 5) is 26.2. The van der Waals surface area contributed by atoms with E-state index in [1.807, 2.05) is 20.8 Å². The Balaban J connectivity index is 0.000000224. The van der Waals surface area contributed by atoms with Gasteiger partial charge in [-0.15, -0.1) is 0 Å². The number of hydrogen-bond acceptors (Lipinski definition) is 6. The fourth-order valence-electron chi connectivity index (χ4n) is 1.73. The van der Waals surface area contributed by atoms with Crippen molar-refractivity contribution < 1.29 is 14.5 Å². The molecule has 1 amide bonds. The highest BCUT2D eigenvalue weighted by Crippen LogP contribution is 2.14. The van der Waals surface area contributed by atoms with E-state index >= 15 is 0 Å². The second-order valence-electron chi connectivity index (χ2n) is 5.87. The Hall–Kier alpha value is -2.38. The van der Waals surface area contributed by atoms with E-state index in [2.05, 4.69) is 4.98 Å². The van der Waals surface area contributed by atoms with Gasteiger partial charge >= 0.3 is 6.09 Å². The summed E-state index contributed by atoms with van der Waals surface area (Å²) in [6, 6.07) is 2.69. The van der Waals surface area contributed by atoms with Crippen molar-refractivity contribution in [2.45, 2.75) is 39.2 Å². The van der Waals surface area contributed by atoms with E-state index < -0.39 is 4.92 Å². The van der Waals surface area contributed by atoms with Crippen LogP contribution >= 0.6 is 0 Å². The number of nitrogen functional groups attached to an aromatic ring is 1. The second-order valence-corrected chi connectivity index (χ2v) is 5.87. The van der Waals surface area contributed by atoms with Gasteiger partial charge in [0.2, 0.25) is 0 Å². The van der Waals surface area contributed by atoms with Gasteiger partial charge in [-0.3, -0.25) is 10.1 Å². The zero-order chi connectivity index (χ0) is 16.8. The lowest BCUT2D eigenvalue weighted by Crippen LogP contribution is -2.34. The van der Waals surface area contributed by atoms with E-state index in [0.717, 1.165) is 32.1 Å². The lowest BCUT2D eigenvalue weighted by molar-refractivity contribution is -0.385. The maximum absolute atomic E-state index is 11.4. The highest BCUT2D eigenvalue weighted by atomic mass is 16.6. The first-order valence-electron chi connectivity index (χ1n) is 7.03. The van der Waals surface area contributed by atoms with Crippen molar-refractivity contribution in [1.29, 1.82) is 0 Å². The number of likely N-dealkylation sites (tertiary alicyclic amines) is 1. The molecule has 0 radical (unpaired) electrons. The summed E-state index contributed by atoms with van der Waals surface area (Å²) >= 11 is 0. The van der Waals surface area contributed by atoms with Crippen LogP contribution in [0.1, 0.15) is 33.6 Å². The van der Waals surface area contributed by atoms with Gasteiger partial charge < -0.3 is 15.4 Å². The van der Waals surface area contributed by atoms with Gasteiger partial charge in [0.05, 0.1) is 4.92 Å². The molecule has 0 atom stereocenters. The Kier molecular flexibility index (Phi) is 6.09. The Bertz CT molecular complexity index is 505. The van der Waals surface area contributed by atoms with Crippen molar-refractivity contribution >= 4 is 17.6 Å². The Morgan fingerprint density at radius 3 is 2.36 bits per heavy atom. The van der Waals surface area contributed by atoms with Crippen molar-refractivity contribution in [2.75, 3.05) is 18.8 Å². The molecule has 22 heavy (non-hydrogen) atoms. The van der Waals surface area contributed by atoms with Crippen molar-refractivity contribution in [3.8, 4) is 0 Å². The minimum Gasteiger partial charge on any atom is -0.444 e. The summed E-state index contributed by atoms with van der Waals surface area (Å²) in [6.07, 6.45) is 3.17. The topological polar surface area (TPSA) is 112 Å². The molecule has 0 aromatic carbocycles.